The van der Waals surface area contributed by atoms with Crippen LogP contribution in [0, 0.1) is 11.8 Å². The molecule has 0 fully saturated rings. The van der Waals surface area contributed by atoms with Gasteiger partial charge in [0.15, 0.2) is 5.78 Å². The van der Waals surface area contributed by atoms with Gasteiger partial charge in [-0.2, -0.15) is 0 Å². The summed E-state index contributed by atoms with van der Waals surface area (Å²) in [6.07, 6.45) is 21.2. The monoisotopic (exact) mass is 528 g/mol. The molecule has 5 nitrogen and oxygen atoms in total. The molecule has 0 aliphatic rings. The van der Waals surface area contributed by atoms with Crippen LogP contribution < -0.4 is 0 Å². The molecule has 0 saturated heterocycles. The zero-order chi connectivity index (χ0) is 27.2. The number of unbranched alkanes of at least 4 members (excludes halogenated alkanes) is 7. The summed E-state index contributed by atoms with van der Waals surface area (Å²) in [4.78, 5) is 12.5. The van der Waals surface area contributed by atoms with Crippen molar-refractivity contribution in [2.24, 2.45) is 11.8 Å². The highest BCUT2D eigenvalue weighted by Crippen LogP contribution is 2.22. The largest absolute Gasteiger partial charge is 0.379 e. The second-order valence-corrected chi connectivity index (χ2v) is 10.7. The Hall–Kier alpha value is -0.490. The summed E-state index contributed by atoms with van der Waals surface area (Å²) in [5.41, 5.74) is 0. The zero-order valence-corrected chi connectivity index (χ0v) is 25.4. The number of ether oxygens (including phenoxy) is 4. The van der Waals surface area contributed by atoms with Gasteiger partial charge in [0.1, 0.15) is 6.61 Å². The Morgan fingerprint density at radius 2 is 0.892 bits per heavy atom. The van der Waals surface area contributed by atoms with Crippen molar-refractivity contribution in [2.75, 3.05) is 52.9 Å². The first-order valence-corrected chi connectivity index (χ1v) is 16.0. The van der Waals surface area contributed by atoms with E-state index in [9.17, 15) is 4.79 Å². The fourth-order valence-electron chi connectivity index (χ4n) is 4.77. The third-order valence-corrected chi connectivity index (χ3v) is 7.21. The lowest BCUT2D eigenvalue weighted by atomic mass is 9.91. The van der Waals surface area contributed by atoms with E-state index in [2.05, 4.69) is 27.7 Å². The molecular formula is C32H64O5. The van der Waals surface area contributed by atoms with Crippen molar-refractivity contribution >= 4 is 5.78 Å². The Bertz CT molecular complexity index is 456. The van der Waals surface area contributed by atoms with Crippen LogP contribution >= 0.6 is 0 Å². The van der Waals surface area contributed by atoms with E-state index in [0.717, 1.165) is 51.0 Å². The summed E-state index contributed by atoms with van der Waals surface area (Å²) in [6, 6.07) is 0. The number of hydrogen-bond donors (Lipinski definition) is 0. The molecule has 0 spiro atoms. The Labute approximate surface area is 231 Å². The van der Waals surface area contributed by atoms with Gasteiger partial charge in [0.05, 0.1) is 39.6 Å². The summed E-state index contributed by atoms with van der Waals surface area (Å²) in [7, 11) is 0. The van der Waals surface area contributed by atoms with Crippen LogP contribution in [-0.4, -0.2) is 58.6 Å². The van der Waals surface area contributed by atoms with Crippen molar-refractivity contribution in [3.05, 3.63) is 0 Å². The predicted octanol–water partition coefficient (Wildman–Crippen LogP) is 8.57. The molecule has 0 aromatic carbocycles. The molecule has 0 aromatic heterocycles. The van der Waals surface area contributed by atoms with Gasteiger partial charge in [0.2, 0.25) is 0 Å². The molecule has 0 aliphatic heterocycles. The van der Waals surface area contributed by atoms with Crippen molar-refractivity contribution in [2.45, 2.75) is 137 Å². The van der Waals surface area contributed by atoms with Crippen LogP contribution in [0.4, 0.5) is 0 Å². The molecule has 0 bridgehead atoms. The van der Waals surface area contributed by atoms with E-state index in [-0.39, 0.29) is 18.3 Å². The van der Waals surface area contributed by atoms with Gasteiger partial charge in [-0.05, 0) is 31.6 Å². The Morgan fingerprint density at radius 1 is 0.459 bits per heavy atom. The van der Waals surface area contributed by atoms with Crippen molar-refractivity contribution in [3.8, 4) is 0 Å². The molecule has 0 aromatic rings. The van der Waals surface area contributed by atoms with Gasteiger partial charge in [-0.15, -0.1) is 0 Å². The number of Topliss-reactive ketones (excluding diaryl/α,β-unsaturated/α-hetero) is 1. The lowest BCUT2D eigenvalue weighted by Crippen LogP contribution is -2.21. The summed E-state index contributed by atoms with van der Waals surface area (Å²) >= 11 is 0. The molecule has 5 heteroatoms. The van der Waals surface area contributed by atoms with Crippen molar-refractivity contribution in [1.82, 2.24) is 0 Å². The molecule has 0 saturated carbocycles. The maximum atomic E-state index is 12.5. The molecule has 222 valence electrons. The Morgan fingerprint density at radius 3 is 1.51 bits per heavy atom. The van der Waals surface area contributed by atoms with Crippen LogP contribution in [0.2, 0.25) is 0 Å². The Kier molecular flexibility index (Phi) is 29.7. The van der Waals surface area contributed by atoms with Crippen molar-refractivity contribution < 1.29 is 23.7 Å². The SMILES string of the molecule is CCCCCCC(CCCC)CCCOCCOCCOCCOCC(=O)C(CCCC)CCCCC. The molecule has 0 aliphatic carbocycles. The van der Waals surface area contributed by atoms with Gasteiger partial charge in [0, 0.05) is 12.5 Å². The number of ketones is 1. The average molecular weight is 529 g/mol. The van der Waals surface area contributed by atoms with Gasteiger partial charge in [-0.3, -0.25) is 4.79 Å². The lowest BCUT2D eigenvalue weighted by molar-refractivity contribution is -0.128. The second-order valence-electron chi connectivity index (χ2n) is 10.7. The van der Waals surface area contributed by atoms with Crippen LogP contribution in [0.15, 0.2) is 0 Å². The standard InChI is InChI=1S/C32H64O5/c1-5-9-13-15-18-30(17-11-7-3)19-16-22-34-23-24-35-25-26-36-27-28-37-29-32(33)31(20-12-8-4)21-14-10-6-2/h30-31H,5-29H2,1-4H3. The van der Waals surface area contributed by atoms with E-state index >= 15 is 0 Å². The molecule has 2 unspecified atom stereocenters. The fraction of sp³-hybridized carbons (Fsp3) is 0.969. The molecule has 0 radical (unpaired) electrons. The first kappa shape index (κ1) is 36.5. The predicted molar refractivity (Wildman–Crippen MR) is 156 cm³/mol. The first-order chi connectivity index (χ1) is 18.2. The number of rotatable bonds is 31. The van der Waals surface area contributed by atoms with Crippen LogP contribution in [-0.2, 0) is 23.7 Å². The second kappa shape index (κ2) is 30.1. The highest BCUT2D eigenvalue weighted by Gasteiger charge is 2.17. The molecule has 0 heterocycles. The van der Waals surface area contributed by atoms with Gasteiger partial charge in [-0.25, -0.2) is 0 Å². The summed E-state index contributed by atoms with van der Waals surface area (Å²) in [6.45, 7) is 13.3. The van der Waals surface area contributed by atoms with Gasteiger partial charge in [-0.1, -0.05) is 111 Å². The number of hydrogen-bond acceptors (Lipinski definition) is 5. The third kappa shape index (κ3) is 25.5. The minimum absolute atomic E-state index is 0.168. The first-order valence-electron chi connectivity index (χ1n) is 16.0. The van der Waals surface area contributed by atoms with E-state index < -0.39 is 0 Å². The van der Waals surface area contributed by atoms with Gasteiger partial charge < -0.3 is 18.9 Å². The molecule has 2 atom stereocenters. The molecule has 37 heavy (non-hydrogen) atoms. The van der Waals surface area contributed by atoms with Crippen molar-refractivity contribution in [1.29, 1.82) is 0 Å². The normalized spacial score (nSPS) is 13.2. The summed E-state index contributed by atoms with van der Waals surface area (Å²) in [5, 5.41) is 0. The minimum Gasteiger partial charge on any atom is -0.379 e. The van der Waals surface area contributed by atoms with E-state index in [0.29, 0.717) is 39.6 Å². The maximum Gasteiger partial charge on any atom is 0.161 e. The van der Waals surface area contributed by atoms with Crippen molar-refractivity contribution in [3.63, 3.8) is 0 Å². The van der Waals surface area contributed by atoms with Gasteiger partial charge in [0.25, 0.3) is 0 Å². The Balaban J connectivity index is 3.61. The summed E-state index contributed by atoms with van der Waals surface area (Å²) in [5.74, 6) is 1.31. The smallest absolute Gasteiger partial charge is 0.161 e. The van der Waals surface area contributed by atoms with E-state index in [1.807, 2.05) is 0 Å². The van der Waals surface area contributed by atoms with E-state index in [1.54, 1.807) is 0 Å². The van der Waals surface area contributed by atoms with E-state index in [1.165, 1.54) is 70.6 Å². The molecule has 0 amide bonds. The van der Waals surface area contributed by atoms with Crippen LogP contribution in [0.3, 0.4) is 0 Å². The van der Waals surface area contributed by atoms with Crippen LogP contribution in [0.25, 0.3) is 0 Å². The maximum absolute atomic E-state index is 12.5. The highest BCUT2D eigenvalue weighted by atomic mass is 16.6. The highest BCUT2D eigenvalue weighted by molar-refractivity contribution is 5.82. The quantitative estimate of drug-likeness (QED) is 0.0843. The topological polar surface area (TPSA) is 54.0 Å². The average Bonchev–Trinajstić information content (AvgIpc) is 2.91. The number of carbonyl (C=O) groups is 1. The fourth-order valence-corrected chi connectivity index (χ4v) is 4.77. The van der Waals surface area contributed by atoms with Crippen LogP contribution in [0.5, 0.6) is 0 Å². The zero-order valence-electron chi connectivity index (χ0n) is 25.4. The summed E-state index contributed by atoms with van der Waals surface area (Å²) < 4.78 is 22.5. The van der Waals surface area contributed by atoms with E-state index in [4.69, 9.17) is 18.9 Å². The molecule has 0 rings (SSSR count). The lowest BCUT2D eigenvalue weighted by Gasteiger charge is -2.16. The van der Waals surface area contributed by atoms with Gasteiger partial charge >= 0.3 is 0 Å². The molecule has 0 N–H and O–H groups in total. The van der Waals surface area contributed by atoms with Crippen LogP contribution in [0.1, 0.15) is 137 Å². The molecular weight excluding hydrogens is 464 g/mol. The number of carbonyl (C=O) groups excluding carboxylic acids is 1. The minimum atomic E-state index is 0.168. The third-order valence-electron chi connectivity index (χ3n) is 7.21.